The Bertz CT molecular complexity index is 422. The second-order valence-electron chi connectivity index (χ2n) is 3.95. The summed E-state index contributed by atoms with van der Waals surface area (Å²) in [5.41, 5.74) is 0.618. The number of halogens is 1. The molecule has 1 fully saturated rings. The van der Waals surface area contributed by atoms with Crippen molar-refractivity contribution in [2.24, 2.45) is 0 Å². The number of benzene rings is 1. The molecule has 6 heteroatoms. The number of thioether (sulfide) groups is 1. The third-order valence-corrected chi connectivity index (χ3v) is 4.02. The number of hydrogen-bond donors (Lipinski definition) is 1. The van der Waals surface area contributed by atoms with Gasteiger partial charge in [0.15, 0.2) is 0 Å². The summed E-state index contributed by atoms with van der Waals surface area (Å²) in [6.07, 6.45) is 2.07. The molecular weight excluding hydrogens is 260 g/mol. The lowest BCUT2D eigenvalue weighted by atomic mass is 10.1. The molecule has 1 aromatic carbocycles. The zero-order valence-electron chi connectivity index (χ0n) is 9.19. The van der Waals surface area contributed by atoms with Crippen molar-refractivity contribution in [1.29, 1.82) is 0 Å². The Balaban J connectivity index is 2.17. The number of nitro groups is 1. The maximum Gasteiger partial charge on any atom is 0.292 e. The average molecular weight is 273 g/mol. The maximum atomic E-state index is 10.9. The molecule has 0 bridgehead atoms. The molecule has 92 valence electrons. The minimum absolute atomic E-state index is 0.0904. The monoisotopic (exact) mass is 272 g/mol. The highest BCUT2D eigenvalue weighted by Crippen LogP contribution is 2.30. The lowest BCUT2D eigenvalue weighted by Crippen LogP contribution is -2.24. The summed E-state index contributed by atoms with van der Waals surface area (Å²) >= 11 is 7.80. The lowest BCUT2D eigenvalue weighted by molar-refractivity contribution is -0.384. The Labute approximate surface area is 109 Å². The maximum absolute atomic E-state index is 10.9. The summed E-state index contributed by atoms with van der Waals surface area (Å²) < 4.78 is 0. The van der Waals surface area contributed by atoms with Crippen molar-refractivity contribution in [3.63, 3.8) is 0 Å². The van der Waals surface area contributed by atoms with Gasteiger partial charge in [0.05, 0.1) is 4.92 Å². The van der Waals surface area contributed by atoms with Crippen LogP contribution in [-0.2, 0) is 0 Å². The first-order valence-electron chi connectivity index (χ1n) is 5.45. The molecule has 0 unspecified atom stereocenters. The van der Waals surface area contributed by atoms with Crippen molar-refractivity contribution in [2.45, 2.75) is 18.9 Å². The zero-order valence-corrected chi connectivity index (χ0v) is 10.8. The van der Waals surface area contributed by atoms with Crippen LogP contribution in [0.4, 0.5) is 11.4 Å². The molecule has 0 radical (unpaired) electrons. The summed E-state index contributed by atoms with van der Waals surface area (Å²) in [5.74, 6) is 2.21. The number of hydrogen-bond acceptors (Lipinski definition) is 4. The van der Waals surface area contributed by atoms with E-state index in [2.05, 4.69) is 5.32 Å². The quantitative estimate of drug-likeness (QED) is 0.675. The highest BCUT2D eigenvalue weighted by Gasteiger charge is 2.19. The first-order chi connectivity index (χ1) is 8.16. The summed E-state index contributed by atoms with van der Waals surface area (Å²) in [6.45, 7) is 0. The van der Waals surface area contributed by atoms with E-state index in [-0.39, 0.29) is 10.6 Å². The Morgan fingerprint density at radius 3 is 2.76 bits per heavy atom. The molecule has 17 heavy (non-hydrogen) atoms. The van der Waals surface area contributed by atoms with Crippen molar-refractivity contribution < 1.29 is 4.92 Å². The number of nitrogens with zero attached hydrogens (tertiary/aromatic N) is 1. The molecule has 1 heterocycles. The first kappa shape index (κ1) is 12.5. The molecule has 1 aliphatic heterocycles. The third kappa shape index (κ3) is 3.26. The van der Waals surface area contributed by atoms with Crippen LogP contribution in [-0.4, -0.2) is 22.5 Å². The van der Waals surface area contributed by atoms with Gasteiger partial charge in [-0.2, -0.15) is 11.8 Å². The fraction of sp³-hybridized carbons (Fsp3) is 0.455. The van der Waals surface area contributed by atoms with Gasteiger partial charge in [-0.15, -0.1) is 0 Å². The van der Waals surface area contributed by atoms with Crippen LogP contribution in [0.5, 0.6) is 0 Å². The normalized spacial score (nSPS) is 16.8. The van der Waals surface area contributed by atoms with Crippen molar-refractivity contribution in [3.8, 4) is 0 Å². The van der Waals surface area contributed by atoms with E-state index in [9.17, 15) is 10.1 Å². The van der Waals surface area contributed by atoms with Gasteiger partial charge < -0.3 is 5.32 Å². The fourth-order valence-corrected chi connectivity index (χ4v) is 3.12. The van der Waals surface area contributed by atoms with E-state index in [1.54, 1.807) is 12.1 Å². The summed E-state index contributed by atoms with van der Waals surface area (Å²) in [6, 6.07) is 4.93. The predicted octanol–water partition coefficient (Wildman–Crippen LogP) is 3.56. The van der Waals surface area contributed by atoms with Crippen LogP contribution >= 0.6 is 23.4 Å². The molecule has 0 aliphatic carbocycles. The van der Waals surface area contributed by atoms with Crippen LogP contribution in [0.2, 0.25) is 5.02 Å². The Morgan fingerprint density at radius 2 is 2.12 bits per heavy atom. The molecule has 2 rings (SSSR count). The molecule has 4 nitrogen and oxygen atoms in total. The van der Waals surface area contributed by atoms with Crippen LogP contribution in [0.1, 0.15) is 12.8 Å². The van der Waals surface area contributed by atoms with E-state index in [1.165, 1.54) is 6.07 Å². The topological polar surface area (TPSA) is 55.2 Å². The van der Waals surface area contributed by atoms with Gasteiger partial charge in [-0.1, -0.05) is 11.6 Å². The van der Waals surface area contributed by atoms with Crippen LogP contribution in [0.25, 0.3) is 0 Å². The minimum atomic E-state index is -0.379. The smallest absolute Gasteiger partial charge is 0.292 e. The van der Waals surface area contributed by atoms with Crippen molar-refractivity contribution >= 4 is 34.7 Å². The minimum Gasteiger partial charge on any atom is -0.377 e. The van der Waals surface area contributed by atoms with Gasteiger partial charge in [-0.3, -0.25) is 10.1 Å². The Kier molecular flexibility index (Phi) is 4.12. The van der Waals surface area contributed by atoms with Gasteiger partial charge in [0.25, 0.3) is 5.69 Å². The van der Waals surface area contributed by atoms with Crippen LogP contribution in [0.15, 0.2) is 18.2 Å². The largest absolute Gasteiger partial charge is 0.377 e. The third-order valence-electron chi connectivity index (χ3n) is 2.74. The number of rotatable bonds is 3. The first-order valence-corrected chi connectivity index (χ1v) is 6.98. The summed E-state index contributed by atoms with van der Waals surface area (Å²) in [5, 5.41) is 14.6. The van der Waals surface area contributed by atoms with Crippen molar-refractivity contribution in [3.05, 3.63) is 33.3 Å². The van der Waals surface area contributed by atoms with E-state index in [0.29, 0.717) is 16.8 Å². The molecule has 0 atom stereocenters. The molecule has 1 aromatic rings. The molecule has 1 aliphatic rings. The van der Waals surface area contributed by atoms with Gasteiger partial charge in [0, 0.05) is 17.1 Å². The lowest BCUT2D eigenvalue weighted by Gasteiger charge is -2.23. The van der Waals surface area contributed by atoms with E-state index in [0.717, 1.165) is 24.3 Å². The van der Waals surface area contributed by atoms with Gasteiger partial charge in [0.2, 0.25) is 0 Å². The fourth-order valence-electron chi connectivity index (χ4n) is 1.84. The van der Waals surface area contributed by atoms with Gasteiger partial charge in [0.1, 0.15) is 5.69 Å². The Hall–Kier alpha value is -0.940. The number of nitrogens with one attached hydrogen (secondary N) is 1. The SMILES string of the molecule is O=[N+]([O-])c1ccc(Cl)cc1NC1CCSCC1. The molecule has 0 aromatic heterocycles. The van der Waals surface area contributed by atoms with Crippen molar-refractivity contribution in [2.75, 3.05) is 16.8 Å². The second kappa shape index (κ2) is 5.60. The van der Waals surface area contributed by atoms with Gasteiger partial charge in [-0.05, 0) is 36.5 Å². The molecule has 1 saturated heterocycles. The van der Waals surface area contributed by atoms with E-state index in [1.807, 2.05) is 11.8 Å². The molecule has 0 saturated carbocycles. The van der Waals surface area contributed by atoms with E-state index in [4.69, 9.17) is 11.6 Å². The second-order valence-corrected chi connectivity index (χ2v) is 5.61. The molecule has 1 N–H and O–H groups in total. The van der Waals surface area contributed by atoms with Crippen LogP contribution in [0, 0.1) is 10.1 Å². The van der Waals surface area contributed by atoms with E-state index >= 15 is 0 Å². The van der Waals surface area contributed by atoms with Crippen LogP contribution in [0.3, 0.4) is 0 Å². The standard InChI is InChI=1S/C11H13ClN2O2S/c12-8-1-2-11(14(15)16)10(7-8)13-9-3-5-17-6-4-9/h1-2,7,9,13H,3-6H2. The highest BCUT2D eigenvalue weighted by atomic mass is 35.5. The average Bonchev–Trinajstić information content (AvgIpc) is 2.30. The van der Waals surface area contributed by atoms with Gasteiger partial charge >= 0.3 is 0 Å². The number of nitro benzene ring substituents is 1. The van der Waals surface area contributed by atoms with Crippen molar-refractivity contribution in [1.82, 2.24) is 0 Å². The van der Waals surface area contributed by atoms with E-state index < -0.39 is 0 Å². The highest BCUT2D eigenvalue weighted by molar-refractivity contribution is 7.99. The van der Waals surface area contributed by atoms with Crippen LogP contribution < -0.4 is 5.32 Å². The van der Waals surface area contributed by atoms with Gasteiger partial charge in [-0.25, -0.2) is 0 Å². The summed E-state index contributed by atoms with van der Waals surface area (Å²) in [7, 11) is 0. The zero-order chi connectivity index (χ0) is 12.3. The molecular formula is C11H13ClN2O2S. The molecule has 0 amide bonds. The Morgan fingerprint density at radius 1 is 1.41 bits per heavy atom. The molecule has 0 spiro atoms. The number of anilines is 1. The summed E-state index contributed by atoms with van der Waals surface area (Å²) in [4.78, 5) is 10.5. The predicted molar refractivity (Wildman–Crippen MR) is 72.1 cm³/mol.